The molecule has 0 heterocycles. The summed E-state index contributed by atoms with van der Waals surface area (Å²) in [7, 11) is 0. The van der Waals surface area contributed by atoms with Gasteiger partial charge in [-0.15, -0.1) is 0 Å². The molecule has 0 radical (unpaired) electrons. The number of hydrogen-bond donors (Lipinski definition) is 3. The molecule has 0 unspecified atom stereocenters. The number of nitrogens with one attached hydrogen (secondary N) is 1. The van der Waals surface area contributed by atoms with Crippen LogP contribution >= 0.6 is 0 Å². The number of nitrogens with zero attached hydrogens (tertiary/aromatic N) is 1. The topological polar surface area (TPSA) is 91.2 Å². The van der Waals surface area contributed by atoms with E-state index in [1.807, 2.05) is 60.7 Å². The molecule has 0 aromatic heterocycles. The zero-order valence-corrected chi connectivity index (χ0v) is 18.8. The molecule has 3 aromatic rings. The monoisotopic (exact) mass is 446 g/mol. The molecule has 0 saturated carbocycles. The first kappa shape index (κ1) is 24.0. The smallest absolute Gasteiger partial charge is 0.251 e. The van der Waals surface area contributed by atoms with Gasteiger partial charge in [0.25, 0.3) is 5.91 Å². The van der Waals surface area contributed by atoms with Crippen molar-refractivity contribution in [2.24, 2.45) is 5.16 Å². The summed E-state index contributed by atoms with van der Waals surface area (Å²) in [6.45, 7) is 2.42. The lowest BCUT2D eigenvalue weighted by atomic mass is 9.99. The van der Waals surface area contributed by atoms with E-state index >= 15 is 0 Å². The van der Waals surface area contributed by atoms with Gasteiger partial charge >= 0.3 is 0 Å². The minimum absolute atomic E-state index is 0.0776. The number of aliphatic hydroxyl groups excluding tert-OH is 1. The first-order valence-corrected chi connectivity index (χ1v) is 11.1. The number of amides is 1. The van der Waals surface area contributed by atoms with Gasteiger partial charge in [-0.1, -0.05) is 47.6 Å². The van der Waals surface area contributed by atoms with E-state index in [9.17, 15) is 4.79 Å². The molecule has 0 atom stereocenters. The number of carbonyl (C=O) groups excluding carboxylic acids is 1. The van der Waals surface area contributed by atoms with Crippen molar-refractivity contribution in [3.8, 4) is 5.75 Å². The molecule has 33 heavy (non-hydrogen) atoms. The molecule has 3 N–H and O–H groups in total. The second-order valence-electron chi connectivity index (χ2n) is 7.81. The van der Waals surface area contributed by atoms with Crippen molar-refractivity contribution in [3.63, 3.8) is 0 Å². The van der Waals surface area contributed by atoms with E-state index in [0.29, 0.717) is 17.9 Å². The molecule has 172 valence electrons. The normalized spacial score (nSPS) is 11.3. The van der Waals surface area contributed by atoms with Gasteiger partial charge in [0.05, 0.1) is 12.3 Å². The third kappa shape index (κ3) is 7.19. The van der Waals surface area contributed by atoms with Crippen LogP contribution in [0.25, 0.3) is 0 Å². The number of aliphatic hydroxyl groups is 1. The Morgan fingerprint density at radius 3 is 2.36 bits per heavy atom. The highest BCUT2D eigenvalue weighted by Crippen LogP contribution is 2.24. The Morgan fingerprint density at radius 2 is 1.67 bits per heavy atom. The highest BCUT2D eigenvalue weighted by atomic mass is 16.5. The van der Waals surface area contributed by atoms with Crippen LogP contribution in [0.2, 0.25) is 0 Å². The summed E-state index contributed by atoms with van der Waals surface area (Å²) in [5.74, 6) is 0.637. The fourth-order valence-corrected chi connectivity index (χ4v) is 3.51. The van der Waals surface area contributed by atoms with Crippen LogP contribution in [0.3, 0.4) is 0 Å². The molecule has 0 bridgehead atoms. The third-order valence-corrected chi connectivity index (χ3v) is 5.39. The quantitative estimate of drug-likeness (QED) is 0.232. The summed E-state index contributed by atoms with van der Waals surface area (Å²) in [6, 6.07) is 23.4. The Labute approximate surface area is 194 Å². The van der Waals surface area contributed by atoms with Crippen molar-refractivity contribution in [2.45, 2.75) is 32.8 Å². The molecule has 3 rings (SSSR count). The largest absolute Gasteiger partial charge is 0.489 e. The first-order chi connectivity index (χ1) is 16.1. The Kier molecular flexibility index (Phi) is 9.03. The number of oxime groups is 1. The van der Waals surface area contributed by atoms with Crippen LogP contribution in [0.5, 0.6) is 5.75 Å². The minimum Gasteiger partial charge on any atom is -0.489 e. The molecule has 0 aliphatic rings. The SMILES string of the molecule is C/C(=N\O)c1ccc(OCc2ccccc2)c(CCCc2ccc(C(=O)NCCO)cc2)c1. The molecule has 1 amide bonds. The lowest BCUT2D eigenvalue weighted by Gasteiger charge is -2.14. The van der Waals surface area contributed by atoms with Crippen LogP contribution in [0.15, 0.2) is 78.0 Å². The summed E-state index contributed by atoms with van der Waals surface area (Å²) < 4.78 is 6.10. The molecular formula is C27H30N2O4. The lowest BCUT2D eigenvalue weighted by molar-refractivity contribution is 0.0944. The number of carbonyl (C=O) groups is 1. The Balaban J connectivity index is 1.64. The molecule has 6 heteroatoms. The van der Waals surface area contributed by atoms with E-state index in [1.165, 1.54) is 0 Å². The van der Waals surface area contributed by atoms with Gasteiger partial charge < -0.3 is 20.4 Å². The average molecular weight is 447 g/mol. The van der Waals surface area contributed by atoms with Crippen molar-refractivity contribution in [3.05, 3.63) is 101 Å². The van der Waals surface area contributed by atoms with Crippen molar-refractivity contribution >= 4 is 11.6 Å². The highest BCUT2D eigenvalue weighted by molar-refractivity contribution is 5.98. The molecular weight excluding hydrogens is 416 g/mol. The fraction of sp³-hybridized carbons (Fsp3) is 0.259. The lowest BCUT2D eigenvalue weighted by Crippen LogP contribution is -2.26. The minimum atomic E-state index is -0.187. The molecule has 3 aromatic carbocycles. The number of benzene rings is 3. The zero-order chi connectivity index (χ0) is 23.5. The van der Waals surface area contributed by atoms with Crippen molar-refractivity contribution in [2.75, 3.05) is 13.2 Å². The van der Waals surface area contributed by atoms with Gasteiger partial charge in [-0.3, -0.25) is 4.79 Å². The van der Waals surface area contributed by atoms with E-state index in [1.54, 1.807) is 19.1 Å². The van der Waals surface area contributed by atoms with Gasteiger partial charge in [0.1, 0.15) is 12.4 Å². The van der Waals surface area contributed by atoms with E-state index in [-0.39, 0.29) is 19.1 Å². The van der Waals surface area contributed by atoms with E-state index < -0.39 is 0 Å². The third-order valence-electron chi connectivity index (χ3n) is 5.39. The van der Waals surface area contributed by atoms with Gasteiger partial charge in [-0.05, 0) is 78.8 Å². The Hall–Kier alpha value is -3.64. The highest BCUT2D eigenvalue weighted by Gasteiger charge is 2.09. The summed E-state index contributed by atoms with van der Waals surface area (Å²) in [6.07, 6.45) is 2.56. The van der Waals surface area contributed by atoms with E-state index in [2.05, 4.69) is 10.5 Å². The number of ether oxygens (including phenoxy) is 1. The van der Waals surface area contributed by atoms with Crippen molar-refractivity contribution in [1.82, 2.24) is 5.32 Å². The van der Waals surface area contributed by atoms with Gasteiger partial charge in [-0.2, -0.15) is 0 Å². The zero-order valence-electron chi connectivity index (χ0n) is 18.8. The van der Waals surface area contributed by atoms with Crippen LogP contribution in [0.1, 0.15) is 46.0 Å². The maximum absolute atomic E-state index is 12.0. The Bertz CT molecular complexity index is 1060. The fourth-order valence-electron chi connectivity index (χ4n) is 3.51. The maximum Gasteiger partial charge on any atom is 0.251 e. The molecule has 0 aliphatic carbocycles. The maximum atomic E-state index is 12.0. The first-order valence-electron chi connectivity index (χ1n) is 11.1. The van der Waals surface area contributed by atoms with Gasteiger partial charge in [0, 0.05) is 12.1 Å². The second-order valence-corrected chi connectivity index (χ2v) is 7.81. The Morgan fingerprint density at radius 1 is 0.939 bits per heavy atom. The van der Waals surface area contributed by atoms with Gasteiger partial charge in [-0.25, -0.2) is 0 Å². The van der Waals surface area contributed by atoms with E-state index in [4.69, 9.17) is 15.1 Å². The second kappa shape index (κ2) is 12.4. The van der Waals surface area contributed by atoms with Crippen LogP contribution in [0.4, 0.5) is 0 Å². The predicted octanol–water partition coefficient (Wildman–Crippen LogP) is 4.36. The molecule has 0 fully saturated rings. The van der Waals surface area contributed by atoms with E-state index in [0.717, 1.165) is 47.3 Å². The molecule has 6 nitrogen and oxygen atoms in total. The number of aryl methyl sites for hydroxylation is 2. The van der Waals surface area contributed by atoms with Crippen molar-refractivity contribution < 1.29 is 19.8 Å². The molecule has 0 spiro atoms. The van der Waals surface area contributed by atoms with Crippen molar-refractivity contribution in [1.29, 1.82) is 0 Å². The summed E-state index contributed by atoms with van der Waals surface area (Å²) in [5.41, 5.74) is 5.30. The number of rotatable bonds is 11. The van der Waals surface area contributed by atoms with Crippen LogP contribution in [0, 0.1) is 0 Å². The van der Waals surface area contributed by atoms with Gasteiger partial charge in [0.2, 0.25) is 0 Å². The standard InChI is InChI=1S/C27H30N2O4/c1-20(29-32)24-14-15-26(33-19-22-6-3-2-4-7-22)25(18-24)9-5-8-21-10-12-23(13-11-21)27(31)28-16-17-30/h2-4,6-7,10-15,18,30,32H,5,8-9,16-17,19H2,1H3,(H,28,31)/b29-20+. The predicted molar refractivity (Wildman–Crippen MR) is 129 cm³/mol. The van der Waals surface area contributed by atoms with Gasteiger partial charge in [0.15, 0.2) is 0 Å². The molecule has 0 saturated heterocycles. The van der Waals surface area contributed by atoms with Crippen LogP contribution < -0.4 is 10.1 Å². The summed E-state index contributed by atoms with van der Waals surface area (Å²) in [5, 5.41) is 24.0. The van der Waals surface area contributed by atoms with Crippen LogP contribution in [-0.2, 0) is 19.4 Å². The molecule has 0 aliphatic heterocycles. The number of hydrogen-bond acceptors (Lipinski definition) is 5. The summed E-state index contributed by atoms with van der Waals surface area (Å²) >= 11 is 0. The van der Waals surface area contributed by atoms with Crippen LogP contribution in [-0.4, -0.2) is 35.1 Å². The average Bonchev–Trinajstić information content (AvgIpc) is 2.87. The summed E-state index contributed by atoms with van der Waals surface area (Å²) in [4.78, 5) is 12.0.